The lowest BCUT2D eigenvalue weighted by Gasteiger charge is -2.25. The van der Waals surface area contributed by atoms with Crippen molar-refractivity contribution in [1.82, 2.24) is 19.6 Å². The van der Waals surface area contributed by atoms with Gasteiger partial charge in [0, 0.05) is 30.2 Å². The zero-order valence-corrected chi connectivity index (χ0v) is 13.4. The fraction of sp³-hybridized carbons (Fsp3) is 0.389. The van der Waals surface area contributed by atoms with Crippen molar-refractivity contribution in [2.75, 3.05) is 5.43 Å². The molecule has 0 spiro atoms. The van der Waals surface area contributed by atoms with Crippen molar-refractivity contribution < 1.29 is 0 Å². The smallest absolute Gasteiger partial charge is 0.179 e. The van der Waals surface area contributed by atoms with E-state index in [1.807, 2.05) is 30.6 Å². The minimum absolute atomic E-state index is 0.485. The molecule has 5 heteroatoms. The highest BCUT2D eigenvalue weighted by atomic mass is 15.5. The minimum Gasteiger partial charge on any atom is -0.319 e. The third-order valence-corrected chi connectivity index (χ3v) is 4.58. The number of aryl methyl sites for hydroxylation is 1. The Labute approximate surface area is 135 Å². The molecule has 23 heavy (non-hydrogen) atoms. The van der Waals surface area contributed by atoms with E-state index in [9.17, 15) is 0 Å². The first-order valence-corrected chi connectivity index (χ1v) is 8.34. The van der Waals surface area contributed by atoms with Gasteiger partial charge in [0.25, 0.3) is 0 Å². The Hall–Kier alpha value is -2.43. The number of aromatic nitrogens is 4. The van der Waals surface area contributed by atoms with Crippen LogP contribution in [-0.4, -0.2) is 25.7 Å². The van der Waals surface area contributed by atoms with Crippen LogP contribution < -0.4 is 5.43 Å². The van der Waals surface area contributed by atoms with Crippen LogP contribution in [0.5, 0.6) is 0 Å². The van der Waals surface area contributed by atoms with E-state index in [-0.39, 0.29) is 0 Å². The van der Waals surface area contributed by atoms with Gasteiger partial charge in [-0.3, -0.25) is 4.98 Å². The Morgan fingerprint density at radius 1 is 1.13 bits per heavy atom. The first-order valence-electron chi connectivity index (χ1n) is 8.34. The molecule has 3 aromatic heterocycles. The summed E-state index contributed by atoms with van der Waals surface area (Å²) in [6.07, 6.45) is 11.8. The van der Waals surface area contributed by atoms with Crippen LogP contribution >= 0.6 is 0 Å². The normalized spacial score (nSPS) is 15.9. The fourth-order valence-corrected chi connectivity index (χ4v) is 3.32. The van der Waals surface area contributed by atoms with Gasteiger partial charge >= 0.3 is 0 Å². The van der Waals surface area contributed by atoms with Crippen LogP contribution in [0.15, 0.2) is 36.8 Å². The Morgan fingerprint density at radius 2 is 2.00 bits per heavy atom. The van der Waals surface area contributed by atoms with Crippen LogP contribution in [0.25, 0.3) is 22.6 Å². The lowest BCUT2D eigenvalue weighted by Crippen LogP contribution is -2.30. The summed E-state index contributed by atoms with van der Waals surface area (Å²) < 4.78 is 2.06. The number of nitrogens with one attached hydrogen (secondary N) is 1. The minimum atomic E-state index is 0.485. The molecule has 0 saturated heterocycles. The fourth-order valence-electron chi connectivity index (χ4n) is 3.32. The average Bonchev–Trinajstić information content (AvgIpc) is 2.97. The number of nitrogens with zero attached hydrogens (tertiary/aromatic N) is 4. The van der Waals surface area contributed by atoms with Crippen molar-refractivity contribution in [1.29, 1.82) is 0 Å². The van der Waals surface area contributed by atoms with E-state index < -0.39 is 0 Å². The second-order valence-electron chi connectivity index (χ2n) is 6.28. The molecule has 0 amide bonds. The summed E-state index contributed by atoms with van der Waals surface area (Å²) in [5.74, 6) is 0.889. The number of fused-ring (bicyclic) bond motifs is 1. The summed E-state index contributed by atoms with van der Waals surface area (Å²) in [5, 5.41) is 0. The highest BCUT2D eigenvalue weighted by Gasteiger charge is 2.19. The molecule has 3 heterocycles. The van der Waals surface area contributed by atoms with Crippen LogP contribution in [0.4, 0.5) is 0 Å². The Balaban J connectivity index is 1.83. The molecular formula is C18H21N5. The number of hydrogen-bond acceptors (Lipinski definition) is 4. The van der Waals surface area contributed by atoms with Gasteiger partial charge in [0.1, 0.15) is 5.52 Å². The van der Waals surface area contributed by atoms with E-state index in [1.165, 1.54) is 32.1 Å². The molecule has 1 aliphatic rings. The first-order chi connectivity index (χ1) is 11.3. The molecule has 0 atom stereocenters. The van der Waals surface area contributed by atoms with Gasteiger partial charge in [-0.15, -0.1) is 0 Å². The van der Waals surface area contributed by atoms with E-state index >= 15 is 0 Å². The standard InChI is InChI=1S/C18H21N5/c1-13-9-11-20-18-16(13)21-17(14-6-5-10-19-12-14)23(18)22-15-7-3-2-4-8-15/h5-6,9-12,15,22H,2-4,7-8H2,1H3. The van der Waals surface area contributed by atoms with Gasteiger partial charge in [-0.1, -0.05) is 19.3 Å². The van der Waals surface area contributed by atoms with Gasteiger partial charge in [0.2, 0.25) is 0 Å². The lowest BCUT2D eigenvalue weighted by molar-refractivity contribution is 0.440. The summed E-state index contributed by atoms with van der Waals surface area (Å²) in [6.45, 7) is 2.08. The topological polar surface area (TPSA) is 55.6 Å². The second kappa shape index (κ2) is 5.99. The van der Waals surface area contributed by atoms with Crippen molar-refractivity contribution in [2.24, 2.45) is 0 Å². The molecule has 1 fully saturated rings. The van der Waals surface area contributed by atoms with E-state index in [0.717, 1.165) is 28.1 Å². The molecule has 0 unspecified atom stereocenters. The zero-order chi connectivity index (χ0) is 15.6. The summed E-state index contributed by atoms with van der Waals surface area (Å²) in [7, 11) is 0. The third-order valence-electron chi connectivity index (χ3n) is 4.58. The number of imidazole rings is 1. The molecule has 1 aliphatic carbocycles. The van der Waals surface area contributed by atoms with E-state index in [2.05, 4.69) is 27.0 Å². The maximum atomic E-state index is 4.85. The van der Waals surface area contributed by atoms with Gasteiger partial charge in [-0.2, -0.15) is 0 Å². The summed E-state index contributed by atoms with van der Waals surface area (Å²) >= 11 is 0. The third kappa shape index (κ3) is 2.67. The molecule has 0 aromatic carbocycles. The monoisotopic (exact) mass is 307 g/mol. The molecule has 0 radical (unpaired) electrons. The zero-order valence-electron chi connectivity index (χ0n) is 13.4. The summed E-state index contributed by atoms with van der Waals surface area (Å²) in [6, 6.07) is 6.48. The molecule has 4 rings (SSSR count). The van der Waals surface area contributed by atoms with Crippen molar-refractivity contribution in [3.63, 3.8) is 0 Å². The Bertz CT molecular complexity index is 803. The highest BCUT2D eigenvalue weighted by Crippen LogP contribution is 2.26. The molecule has 0 bridgehead atoms. The quantitative estimate of drug-likeness (QED) is 0.802. The molecule has 1 N–H and O–H groups in total. The SMILES string of the molecule is Cc1ccnc2c1nc(-c1cccnc1)n2NC1CCCCC1. The van der Waals surface area contributed by atoms with Gasteiger partial charge < -0.3 is 5.43 Å². The van der Waals surface area contributed by atoms with Gasteiger partial charge in [0.15, 0.2) is 11.5 Å². The van der Waals surface area contributed by atoms with Crippen molar-refractivity contribution in [3.8, 4) is 11.4 Å². The molecular weight excluding hydrogens is 286 g/mol. The number of rotatable bonds is 3. The maximum Gasteiger partial charge on any atom is 0.179 e. The first kappa shape index (κ1) is 14.2. The Kier molecular flexibility index (Phi) is 3.69. The molecule has 118 valence electrons. The van der Waals surface area contributed by atoms with Crippen LogP contribution in [0.1, 0.15) is 37.7 Å². The van der Waals surface area contributed by atoms with E-state index in [4.69, 9.17) is 4.98 Å². The summed E-state index contributed by atoms with van der Waals surface area (Å²) in [4.78, 5) is 13.7. The lowest BCUT2D eigenvalue weighted by atomic mass is 9.96. The molecule has 3 aromatic rings. The van der Waals surface area contributed by atoms with Crippen LogP contribution in [-0.2, 0) is 0 Å². The molecule has 1 saturated carbocycles. The highest BCUT2D eigenvalue weighted by molar-refractivity contribution is 5.80. The number of pyridine rings is 2. The van der Waals surface area contributed by atoms with E-state index in [0.29, 0.717) is 6.04 Å². The average molecular weight is 307 g/mol. The van der Waals surface area contributed by atoms with Gasteiger partial charge in [-0.25, -0.2) is 14.6 Å². The van der Waals surface area contributed by atoms with Crippen molar-refractivity contribution >= 4 is 11.2 Å². The molecule has 0 aliphatic heterocycles. The van der Waals surface area contributed by atoms with Crippen molar-refractivity contribution in [2.45, 2.75) is 45.1 Å². The van der Waals surface area contributed by atoms with E-state index in [1.54, 1.807) is 6.20 Å². The maximum absolute atomic E-state index is 4.85. The van der Waals surface area contributed by atoms with Crippen LogP contribution in [0.2, 0.25) is 0 Å². The van der Waals surface area contributed by atoms with Gasteiger partial charge in [0.05, 0.1) is 0 Å². The van der Waals surface area contributed by atoms with Gasteiger partial charge in [-0.05, 0) is 43.5 Å². The Morgan fingerprint density at radius 3 is 2.78 bits per heavy atom. The van der Waals surface area contributed by atoms with Crippen LogP contribution in [0.3, 0.4) is 0 Å². The predicted molar refractivity (Wildman–Crippen MR) is 91.7 cm³/mol. The van der Waals surface area contributed by atoms with Crippen LogP contribution in [0, 0.1) is 6.92 Å². The van der Waals surface area contributed by atoms with Crippen molar-refractivity contribution in [3.05, 3.63) is 42.4 Å². The largest absolute Gasteiger partial charge is 0.319 e. The number of hydrogen-bond donors (Lipinski definition) is 1. The molecule has 5 nitrogen and oxygen atoms in total. The predicted octanol–water partition coefficient (Wildman–Crippen LogP) is 3.68. The summed E-state index contributed by atoms with van der Waals surface area (Å²) in [5.41, 5.74) is 7.66. The second-order valence-corrected chi connectivity index (χ2v) is 6.28.